The normalized spacial score (nSPS) is 16.4. The van der Waals surface area contributed by atoms with Crippen molar-refractivity contribution in [3.63, 3.8) is 0 Å². The van der Waals surface area contributed by atoms with E-state index in [4.69, 9.17) is 4.74 Å². The SMILES string of the molecule is O=Nc1c(NCCCN2CCN(c3ccc([N+](=O)[O-])c(N4CCOCC4)c3)CC2)c(O)c2ncccc2c1O. The number of nitro benzene ring substituents is 1. The first kappa shape index (κ1) is 26.4. The van der Waals surface area contributed by atoms with Crippen molar-refractivity contribution in [2.45, 2.75) is 6.42 Å². The number of hydrogen-bond acceptors (Lipinski definition) is 12. The summed E-state index contributed by atoms with van der Waals surface area (Å²) in [5, 5.41) is 38.9. The monoisotopic (exact) mass is 537 g/mol. The molecule has 206 valence electrons. The molecule has 0 spiro atoms. The molecule has 3 N–H and O–H groups in total. The molecule has 39 heavy (non-hydrogen) atoms. The molecule has 5 rings (SSSR count). The maximum absolute atomic E-state index is 11.6. The highest BCUT2D eigenvalue weighted by atomic mass is 16.6. The van der Waals surface area contributed by atoms with E-state index < -0.39 is 0 Å². The number of fused-ring (bicyclic) bond motifs is 1. The Morgan fingerprint density at radius 2 is 1.82 bits per heavy atom. The van der Waals surface area contributed by atoms with Crippen molar-refractivity contribution in [2.24, 2.45) is 5.18 Å². The van der Waals surface area contributed by atoms with E-state index in [2.05, 4.69) is 25.3 Å². The van der Waals surface area contributed by atoms with Gasteiger partial charge in [-0.05, 0) is 42.4 Å². The molecule has 2 saturated heterocycles. The van der Waals surface area contributed by atoms with Gasteiger partial charge in [-0.2, -0.15) is 0 Å². The zero-order chi connectivity index (χ0) is 27.4. The fraction of sp³-hybridized carbons (Fsp3) is 0.423. The van der Waals surface area contributed by atoms with E-state index in [1.165, 1.54) is 6.20 Å². The van der Waals surface area contributed by atoms with Crippen molar-refractivity contribution < 1.29 is 19.9 Å². The van der Waals surface area contributed by atoms with E-state index in [0.717, 1.165) is 44.8 Å². The molecule has 0 unspecified atom stereocenters. The van der Waals surface area contributed by atoms with Gasteiger partial charge in [-0.25, -0.2) is 0 Å². The number of piperazine rings is 1. The third-order valence-corrected chi connectivity index (χ3v) is 7.27. The number of ether oxygens (including phenoxy) is 1. The summed E-state index contributed by atoms with van der Waals surface area (Å²) in [6.07, 6.45) is 2.23. The summed E-state index contributed by atoms with van der Waals surface area (Å²) >= 11 is 0. The molecule has 0 bridgehead atoms. The quantitative estimate of drug-likeness (QED) is 0.0917. The van der Waals surface area contributed by atoms with Gasteiger partial charge in [0.25, 0.3) is 5.69 Å². The van der Waals surface area contributed by atoms with Crippen molar-refractivity contribution in [3.05, 3.63) is 51.6 Å². The molecule has 0 atom stereocenters. The Balaban J connectivity index is 1.16. The minimum atomic E-state index is -0.329. The number of benzene rings is 2. The van der Waals surface area contributed by atoms with Crippen LogP contribution in [0.15, 0.2) is 41.7 Å². The molecule has 2 aliphatic rings. The van der Waals surface area contributed by atoms with Crippen LogP contribution in [0.25, 0.3) is 10.9 Å². The van der Waals surface area contributed by atoms with Gasteiger partial charge in [0.1, 0.15) is 16.9 Å². The van der Waals surface area contributed by atoms with Crippen LogP contribution in [0.2, 0.25) is 0 Å². The number of pyridine rings is 1. The van der Waals surface area contributed by atoms with Crippen molar-refractivity contribution in [2.75, 3.05) is 80.7 Å². The number of aromatic hydroxyl groups is 2. The number of nitroso groups, excluding NO2 is 1. The minimum Gasteiger partial charge on any atom is -0.505 e. The number of phenolic OH excluding ortho intramolecular Hbond substituents is 2. The number of aromatic nitrogens is 1. The van der Waals surface area contributed by atoms with Crippen LogP contribution < -0.4 is 15.1 Å². The zero-order valence-electron chi connectivity index (χ0n) is 21.5. The summed E-state index contributed by atoms with van der Waals surface area (Å²) in [5.74, 6) is -0.529. The third-order valence-electron chi connectivity index (χ3n) is 7.27. The van der Waals surface area contributed by atoms with Crippen LogP contribution in [-0.4, -0.2) is 90.6 Å². The molecule has 1 aromatic heterocycles. The average molecular weight is 538 g/mol. The lowest BCUT2D eigenvalue weighted by molar-refractivity contribution is -0.384. The topological polar surface area (TPSA) is 157 Å². The maximum atomic E-state index is 11.6. The molecule has 0 radical (unpaired) electrons. The van der Waals surface area contributed by atoms with Crippen LogP contribution in [0.4, 0.5) is 28.4 Å². The first-order valence-electron chi connectivity index (χ1n) is 13.0. The second kappa shape index (κ2) is 11.7. The van der Waals surface area contributed by atoms with Crippen LogP contribution in [0.5, 0.6) is 11.5 Å². The molecule has 2 fully saturated rings. The summed E-state index contributed by atoms with van der Waals surface area (Å²) in [4.78, 5) is 33.4. The molecule has 0 aliphatic carbocycles. The highest BCUT2D eigenvalue weighted by molar-refractivity contribution is 6.01. The second-order valence-electron chi connectivity index (χ2n) is 9.55. The lowest BCUT2D eigenvalue weighted by atomic mass is 10.1. The van der Waals surface area contributed by atoms with Crippen LogP contribution in [0, 0.1) is 15.0 Å². The van der Waals surface area contributed by atoms with Crippen LogP contribution in [-0.2, 0) is 4.74 Å². The Bertz CT molecular complexity index is 1360. The van der Waals surface area contributed by atoms with Crippen molar-refractivity contribution in [1.82, 2.24) is 9.88 Å². The Morgan fingerprint density at radius 1 is 1.05 bits per heavy atom. The molecule has 3 heterocycles. The summed E-state index contributed by atoms with van der Waals surface area (Å²) in [7, 11) is 0. The van der Waals surface area contributed by atoms with Gasteiger partial charge in [0, 0.05) is 69.2 Å². The molecule has 0 saturated carbocycles. The van der Waals surface area contributed by atoms with Crippen LogP contribution >= 0.6 is 0 Å². The molecular weight excluding hydrogens is 506 g/mol. The van der Waals surface area contributed by atoms with Gasteiger partial charge >= 0.3 is 0 Å². The Labute approximate surface area is 224 Å². The summed E-state index contributed by atoms with van der Waals surface area (Å²) in [6, 6.07) is 8.50. The number of phenols is 2. The van der Waals surface area contributed by atoms with Crippen molar-refractivity contribution in [3.8, 4) is 11.5 Å². The molecule has 13 nitrogen and oxygen atoms in total. The predicted molar refractivity (Wildman–Crippen MR) is 148 cm³/mol. The first-order chi connectivity index (χ1) is 19.0. The predicted octanol–water partition coefficient (Wildman–Crippen LogP) is 3.41. The minimum absolute atomic E-state index is 0.0766. The van der Waals surface area contributed by atoms with Crippen LogP contribution in [0.3, 0.4) is 0 Å². The third kappa shape index (κ3) is 5.49. The highest BCUT2D eigenvalue weighted by Gasteiger charge is 2.25. The molecular formula is C26H31N7O6. The van der Waals surface area contributed by atoms with Crippen molar-refractivity contribution in [1.29, 1.82) is 0 Å². The molecule has 13 heteroatoms. The smallest absolute Gasteiger partial charge is 0.292 e. The molecule has 2 aliphatic heterocycles. The van der Waals surface area contributed by atoms with Gasteiger partial charge in [0.2, 0.25) is 0 Å². The van der Waals surface area contributed by atoms with Gasteiger partial charge in [-0.3, -0.25) is 20.0 Å². The van der Waals surface area contributed by atoms with Crippen LogP contribution in [0.1, 0.15) is 6.42 Å². The fourth-order valence-corrected chi connectivity index (χ4v) is 5.18. The highest BCUT2D eigenvalue weighted by Crippen LogP contribution is 2.47. The van der Waals surface area contributed by atoms with Gasteiger partial charge in [0.15, 0.2) is 17.2 Å². The Hall–Kier alpha value is -4.23. The number of hydrogen-bond donors (Lipinski definition) is 3. The summed E-state index contributed by atoms with van der Waals surface area (Å²) in [6.45, 7) is 6.86. The summed E-state index contributed by atoms with van der Waals surface area (Å²) < 4.78 is 5.41. The lowest BCUT2D eigenvalue weighted by Crippen LogP contribution is -2.47. The number of nitrogens with zero attached hydrogens (tertiary/aromatic N) is 6. The van der Waals surface area contributed by atoms with E-state index in [0.29, 0.717) is 38.5 Å². The zero-order valence-corrected chi connectivity index (χ0v) is 21.5. The summed E-state index contributed by atoms with van der Waals surface area (Å²) in [5.41, 5.74) is 1.76. The van der Waals surface area contributed by atoms with Gasteiger partial charge in [-0.1, -0.05) is 0 Å². The van der Waals surface area contributed by atoms with Gasteiger partial charge < -0.3 is 30.1 Å². The number of morpholine rings is 1. The maximum Gasteiger partial charge on any atom is 0.292 e. The molecule has 3 aromatic rings. The average Bonchev–Trinajstić information content (AvgIpc) is 2.98. The molecule has 0 amide bonds. The second-order valence-corrected chi connectivity index (χ2v) is 9.55. The number of nitro groups is 1. The fourth-order valence-electron chi connectivity index (χ4n) is 5.18. The Kier molecular flexibility index (Phi) is 7.89. The van der Waals surface area contributed by atoms with Gasteiger partial charge in [-0.15, -0.1) is 4.91 Å². The number of nitrogens with one attached hydrogen (secondary N) is 1. The van der Waals surface area contributed by atoms with E-state index in [1.807, 2.05) is 17.0 Å². The Morgan fingerprint density at radius 3 is 2.54 bits per heavy atom. The van der Waals surface area contributed by atoms with E-state index >= 15 is 0 Å². The van der Waals surface area contributed by atoms with E-state index in [9.17, 15) is 25.2 Å². The van der Waals surface area contributed by atoms with Gasteiger partial charge in [0.05, 0.1) is 18.1 Å². The first-order valence-corrected chi connectivity index (χ1v) is 13.0. The number of anilines is 3. The van der Waals surface area contributed by atoms with E-state index in [-0.39, 0.29) is 44.4 Å². The van der Waals surface area contributed by atoms with E-state index in [1.54, 1.807) is 18.2 Å². The molecule has 2 aromatic carbocycles. The largest absolute Gasteiger partial charge is 0.505 e. The number of rotatable bonds is 9. The standard InChI is InChI=1S/C26H31N7O6/c34-25-19-3-1-6-27-22(19)26(35)23(24(25)29-36)28-7-2-8-30-9-11-31(12-10-30)18-4-5-20(33(37)38)21(17-18)32-13-15-39-16-14-32/h1,3-6,17,28,34-35H,2,7-16H2. The lowest BCUT2D eigenvalue weighted by Gasteiger charge is -2.37. The van der Waals surface area contributed by atoms with Crippen molar-refractivity contribution >= 4 is 39.3 Å².